The highest BCUT2D eigenvalue weighted by atomic mass is 79.9. The summed E-state index contributed by atoms with van der Waals surface area (Å²) >= 11 is 3.62. The van der Waals surface area contributed by atoms with E-state index in [9.17, 15) is 19.2 Å². The lowest BCUT2D eigenvalue weighted by atomic mass is 10.1. The second kappa shape index (κ2) is 18.7. The third kappa shape index (κ3) is 12.1. The van der Waals surface area contributed by atoms with Crippen LogP contribution in [0.3, 0.4) is 0 Å². The number of ether oxygens (including phenoxy) is 2. The Morgan fingerprint density at radius 1 is 1.02 bits per heavy atom. The van der Waals surface area contributed by atoms with Crippen LogP contribution in [0, 0.1) is 19.3 Å². The van der Waals surface area contributed by atoms with Gasteiger partial charge in [-0.1, -0.05) is 30.5 Å². The molecule has 0 aliphatic rings. The molecule has 1 atom stereocenters. The highest BCUT2D eigenvalue weighted by Gasteiger charge is 2.21. The fourth-order valence-corrected chi connectivity index (χ4v) is 4.63. The van der Waals surface area contributed by atoms with Gasteiger partial charge in [-0.15, -0.1) is 6.42 Å². The number of pyridine rings is 1. The Kier molecular flexibility index (Phi) is 15.4. The summed E-state index contributed by atoms with van der Waals surface area (Å²) in [6.07, 6.45) is 8.50. The number of aryl methyl sites for hydroxylation is 1. The fourth-order valence-electron chi connectivity index (χ4n) is 4.18. The Balaban J connectivity index is 1.97. The van der Waals surface area contributed by atoms with Gasteiger partial charge in [0, 0.05) is 55.7 Å². The van der Waals surface area contributed by atoms with Crippen molar-refractivity contribution in [2.24, 2.45) is 0 Å². The molecule has 2 aromatic rings. The van der Waals surface area contributed by atoms with Gasteiger partial charge in [0.25, 0.3) is 0 Å². The van der Waals surface area contributed by atoms with Crippen molar-refractivity contribution in [2.45, 2.75) is 70.8 Å². The summed E-state index contributed by atoms with van der Waals surface area (Å²) in [5.74, 6) is 1.94. The third-order valence-electron chi connectivity index (χ3n) is 6.73. The molecule has 42 heavy (non-hydrogen) atoms. The van der Waals surface area contributed by atoms with E-state index in [1.807, 2.05) is 31.2 Å². The molecule has 0 bridgehead atoms. The van der Waals surface area contributed by atoms with Crippen molar-refractivity contribution in [3.8, 4) is 12.3 Å². The van der Waals surface area contributed by atoms with E-state index in [1.165, 1.54) is 7.11 Å². The lowest BCUT2D eigenvalue weighted by molar-refractivity contribution is -0.141. The van der Waals surface area contributed by atoms with Gasteiger partial charge < -0.3 is 25.0 Å². The summed E-state index contributed by atoms with van der Waals surface area (Å²) in [7, 11) is 3.05. The minimum absolute atomic E-state index is 0.0547. The smallest absolute Gasteiger partial charge is 0.407 e. The molecule has 0 saturated heterocycles. The minimum Gasteiger partial charge on any atom is -0.469 e. The predicted molar refractivity (Wildman–Crippen MR) is 164 cm³/mol. The van der Waals surface area contributed by atoms with E-state index in [0.717, 1.165) is 27.4 Å². The van der Waals surface area contributed by atoms with Gasteiger partial charge in [-0.2, -0.15) is 0 Å². The zero-order valence-electron chi connectivity index (χ0n) is 24.7. The van der Waals surface area contributed by atoms with E-state index in [2.05, 4.69) is 37.2 Å². The molecule has 10 nitrogen and oxygen atoms in total. The first-order valence-corrected chi connectivity index (χ1v) is 15.0. The topological polar surface area (TPSA) is 127 Å². The van der Waals surface area contributed by atoms with Gasteiger partial charge in [0.2, 0.25) is 11.8 Å². The number of hydrogen-bond acceptors (Lipinski definition) is 7. The third-order valence-corrected chi connectivity index (χ3v) is 7.73. The van der Waals surface area contributed by atoms with Crippen molar-refractivity contribution < 1.29 is 28.7 Å². The maximum Gasteiger partial charge on any atom is 0.407 e. The van der Waals surface area contributed by atoms with Crippen molar-refractivity contribution in [1.29, 1.82) is 0 Å². The van der Waals surface area contributed by atoms with Crippen LogP contribution in [0.25, 0.3) is 10.9 Å². The van der Waals surface area contributed by atoms with Crippen LogP contribution in [-0.4, -0.2) is 67.6 Å². The number of nitrogens with zero attached hydrogens (tertiary/aromatic N) is 2. The molecule has 1 aromatic heterocycles. The Morgan fingerprint density at radius 3 is 2.48 bits per heavy atom. The number of hydrogen-bond donors (Lipinski definition) is 2. The molecule has 0 aliphatic carbocycles. The normalized spacial score (nSPS) is 11.3. The van der Waals surface area contributed by atoms with Crippen LogP contribution >= 0.6 is 15.9 Å². The van der Waals surface area contributed by atoms with E-state index in [0.29, 0.717) is 63.7 Å². The number of amides is 3. The standard InChI is InChI=1S/C31H41BrN4O6/c1-5-19-33-26(37)11-7-6-10-20-34-31(40)42-25(18-21-36(3)27(38)12-8-9-13-28(39)41-4)24-17-16-23-15-14-22(2)29(32)30(23)35-24/h1,14-17,25H,6-13,18-21H2,2-4H3,(H,33,37)(H,34,40). The van der Waals surface area contributed by atoms with Crippen molar-refractivity contribution >= 4 is 50.7 Å². The number of alkyl carbamates (subject to hydrolysis) is 1. The largest absolute Gasteiger partial charge is 0.469 e. The van der Waals surface area contributed by atoms with E-state index >= 15 is 0 Å². The molecule has 1 aromatic carbocycles. The molecular weight excluding hydrogens is 604 g/mol. The molecule has 0 aliphatic heterocycles. The molecular formula is C31H41BrN4O6. The van der Waals surface area contributed by atoms with Gasteiger partial charge in [0.05, 0.1) is 24.9 Å². The Bertz CT molecular complexity index is 1260. The zero-order chi connectivity index (χ0) is 30.9. The molecule has 2 rings (SSSR count). The number of unbranched alkanes of at least 4 members (excludes halogenated alkanes) is 3. The molecule has 1 heterocycles. The first-order valence-electron chi connectivity index (χ1n) is 14.2. The van der Waals surface area contributed by atoms with Gasteiger partial charge in [-0.25, -0.2) is 9.78 Å². The molecule has 0 fully saturated rings. The summed E-state index contributed by atoms with van der Waals surface area (Å²) < 4.78 is 11.3. The molecule has 0 saturated carbocycles. The van der Waals surface area contributed by atoms with Gasteiger partial charge in [0.15, 0.2) is 0 Å². The van der Waals surface area contributed by atoms with Crippen LogP contribution in [0.4, 0.5) is 4.79 Å². The van der Waals surface area contributed by atoms with Crippen molar-refractivity contribution in [3.05, 3.63) is 40.0 Å². The van der Waals surface area contributed by atoms with Gasteiger partial charge in [0.1, 0.15) is 6.10 Å². The summed E-state index contributed by atoms with van der Waals surface area (Å²) in [5.41, 5.74) is 2.39. The number of carbonyl (C=O) groups is 4. The lowest BCUT2D eigenvalue weighted by Gasteiger charge is -2.23. The second-order valence-corrected chi connectivity index (χ2v) is 10.8. The maximum absolute atomic E-state index is 12.7. The molecule has 1 unspecified atom stereocenters. The lowest BCUT2D eigenvalue weighted by Crippen LogP contribution is -2.31. The SMILES string of the molecule is C#CCNC(=O)CCCCCNC(=O)OC(CCN(C)C(=O)CCCCC(=O)OC)c1ccc2ccc(C)c(Br)c2n1. The number of terminal acetylenes is 1. The number of rotatable bonds is 17. The summed E-state index contributed by atoms with van der Waals surface area (Å²) in [6.45, 7) is 2.95. The molecule has 0 radical (unpaired) electrons. The van der Waals surface area contributed by atoms with Crippen LogP contribution in [0.5, 0.6) is 0 Å². The number of nitrogens with one attached hydrogen (secondary N) is 2. The summed E-state index contributed by atoms with van der Waals surface area (Å²) in [5, 5.41) is 6.36. The van der Waals surface area contributed by atoms with Crippen LogP contribution in [0.15, 0.2) is 28.7 Å². The molecule has 228 valence electrons. The van der Waals surface area contributed by atoms with E-state index in [4.69, 9.17) is 16.1 Å². The molecule has 11 heteroatoms. The minimum atomic E-state index is -0.684. The number of benzene rings is 1. The van der Waals surface area contributed by atoms with Crippen LogP contribution < -0.4 is 10.6 Å². The van der Waals surface area contributed by atoms with Crippen LogP contribution in [0.1, 0.15) is 75.1 Å². The molecule has 3 amide bonds. The average Bonchev–Trinajstić information content (AvgIpc) is 2.99. The Hall–Kier alpha value is -3.65. The molecule has 0 spiro atoms. The Labute approximate surface area is 256 Å². The fraction of sp³-hybridized carbons (Fsp3) is 0.516. The second-order valence-electron chi connectivity index (χ2n) is 10.0. The Morgan fingerprint density at radius 2 is 1.74 bits per heavy atom. The molecule has 2 N–H and O–H groups in total. The number of esters is 1. The number of aromatic nitrogens is 1. The van der Waals surface area contributed by atoms with E-state index in [1.54, 1.807) is 11.9 Å². The van der Waals surface area contributed by atoms with E-state index in [-0.39, 0.29) is 30.7 Å². The average molecular weight is 646 g/mol. The number of carbonyl (C=O) groups excluding carboxylic acids is 4. The first kappa shape index (κ1) is 34.6. The zero-order valence-corrected chi connectivity index (χ0v) is 26.3. The van der Waals surface area contributed by atoms with Crippen molar-refractivity contribution in [3.63, 3.8) is 0 Å². The summed E-state index contributed by atoms with van der Waals surface area (Å²) in [4.78, 5) is 54.7. The quantitative estimate of drug-likeness (QED) is 0.141. The highest BCUT2D eigenvalue weighted by molar-refractivity contribution is 9.10. The number of fused-ring (bicyclic) bond motifs is 1. The van der Waals surface area contributed by atoms with Crippen LogP contribution in [0.2, 0.25) is 0 Å². The van der Waals surface area contributed by atoms with Gasteiger partial charge in [-0.05, 0) is 60.2 Å². The van der Waals surface area contributed by atoms with E-state index < -0.39 is 12.2 Å². The number of methoxy groups -OCH3 is 1. The van der Waals surface area contributed by atoms with Gasteiger partial charge in [-0.3, -0.25) is 14.4 Å². The number of halogens is 1. The highest BCUT2D eigenvalue weighted by Crippen LogP contribution is 2.29. The van der Waals surface area contributed by atoms with Crippen molar-refractivity contribution in [2.75, 3.05) is 33.8 Å². The predicted octanol–water partition coefficient (Wildman–Crippen LogP) is 4.96. The van der Waals surface area contributed by atoms with Crippen LogP contribution in [-0.2, 0) is 23.9 Å². The van der Waals surface area contributed by atoms with Crippen molar-refractivity contribution in [1.82, 2.24) is 20.5 Å². The monoisotopic (exact) mass is 644 g/mol. The summed E-state index contributed by atoms with van der Waals surface area (Å²) in [6, 6.07) is 7.76. The first-order chi connectivity index (χ1) is 20.2. The maximum atomic E-state index is 12.7. The van der Waals surface area contributed by atoms with Gasteiger partial charge >= 0.3 is 12.1 Å².